The molecule has 0 aliphatic heterocycles. The molecule has 0 atom stereocenters. The average molecular weight is 340 g/mol. The molecule has 25 heavy (non-hydrogen) atoms. The third-order valence-corrected chi connectivity index (χ3v) is 3.66. The first kappa shape index (κ1) is 18.5. The van der Waals surface area contributed by atoms with Crippen molar-refractivity contribution in [3.8, 4) is 5.75 Å². The van der Waals surface area contributed by atoms with E-state index in [9.17, 15) is 14.7 Å². The highest BCUT2D eigenvalue weighted by atomic mass is 16.5. The van der Waals surface area contributed by atoms with Gasteiger partial charge in [0.05, 0.1) is 12.4 Å². The summed E-state index contributed by atoms with van der Waals surface area (Å²) in [5, 5.41) is 13.9. The quantitative estimate of drug-likeness (QED) is 0.876. The smallest absolute Gasteiger partial charge is 0.228 e. The van der Waals surface area contributed by atoms with Gasteiger partial charge in [0.1, 0.15) is 11.4 Å². The lowest BCUT2D eigenvalue weighted by Crippen LogP contribution is -2.47. The van der Waals surface area contributed by atoms with Crippen LogP contribution in [0.2, 0.25) is 0 Å². The predicted octanol–water partition coefficient (Wildman–Crippen LogP) is 2.39. The number of hydrogen-bond donors (Lipinski definition) is 1. The fourth-order valence-corrected chi connectivity index (χ4v) is 2.45. The van der Waals surface area contributed by atoms with Gasteiger partial charge in [0, 0.05) is 5.69 Å². The highest BCUT2D eigenvalue weighted by Crippen LogP contribution is 2.19. The molecule has 2 aromatic rings. The number of carbonyl (C=O) groups excluding carboxylic acids is 2. The Bertz CT molecular complexity index is 759. The van der Waals surface area contributed by atoms with Crippen molar-refractivity contribution in [2.24, 2.45) is 0 Å². The molecule has 1 amide bonds. The minimum Gasteiger partial charge on any atom is -0.546 e. The Morgan fingerprint density at radius 2 is 1.60 bits per heavy atom. The zero-order chi connectivity index (χ0) is 18.6. The Balaban J connectivity index is 1.98. The van der Waals surface area contributed by atoms with E-state index in [-0.39, 0.29) is 12.3 Å². The molecule has 1 N–H and O–H groups in total. The minimum absolute atomic E-state index is 0.117. The number of aliphatic carboxylic acids is 1. The number of anilines is 1. The van der Waals surface area contributed by atoms with Crippen molar-refractivity contribution in [2.45, 2.75) is 39.7 Å². The molecule has 0 bridgehead atoms. The molecule has 0 aromatic heterocycles. The summed E-state index contributed by atoms with van der Waals surface area (Å²) >= 11 is 0. The summed E-state index contributed by atoms with van der Waals surface area (Å²) in [5.74, 6) is -0.995. The number of hydrogen-bond acceptors (Lipinski definition) is 4. The molecular formula is C20H22NO4-. The van der Waals surface area contributed by atoms with E-state index in [1.165, 1.54) is 13.8 Å². The Kier molecular flexibility index (Phi) is 5.47. The Morgan fingerprint density at radius 3 is 2.12 bits per heavy atom. The SMILES string of the molecule is Cc1cc(C)cc(NC(=O)Cc2ccc(OC(C)(C)C(=O)[O-])cc2)c1. The van der Waals surface area contributed by atoms with Crippen LogP contribution in [0.15, 0.2) is 42.5 Å². The first-order valence-electron chi connectivity index (χ1n) is 8.03. The first-order chi connectivity index (χ1) is 11.7. The van der Waals surface area contributed by atoms with Crippen LogP contribution in [0.25, 0.3) is 0 Å². The van der Waals surface area contributed by atoms with Gasteiger partial charge in [0.2, 0.25) is 5.91 Å². The standard InChI is InChI=1S/C20H23NO4/c1-13-9-14(2)11-16(10-13)21-18(22)12-15-5-7-17(8-6-15)25-20(3,4)19(23)24/h5-11H,12H2,1-4H3,(H,21,22)(H,23,24)/p-1. The molecular weight excluding hydrogens is 318 g/mol. The number of aryl methyl sites for hydroxylation is 2. The molecule has 0 saturated heterocycles. The molecule has 0 spiro atoms. The van der Waals surface area contributed by atoms with Gasteiger partial charge < -0.3 is 20.0 Å². The lowest BCUT2D eigenvalue weighted by molar-refractivity contribution is -0.320. The van der Waals surface area contributed by atoms with E-state index in [0.717, 1.165) is 22.4 Å². The molecule has 132 valence electrons. The van der Waals surface area contributed by atoms with Gasteiger partial charge in [-0.15, -0.1) is 0 Å². The second kappa shape index (κ2) is 7.38. The Morgan fingerprint density at radius 1 is 1.04 bits per heavy atom. The number of ether oxygens (including phenoxy) is 1. The van der Waals surface area contributed by atoms with Gasteiger partial charge in [-0.05, 0) is 68.7 Å². The zero-order valence-electron chi connectivity index (χ0n) is 14.9. The van der Waals surface area contributed by atoms with E-state index in [1.54, 1.807) is 24.3 Å². The maximum absolute atomic E-state index is 12.2. The van der Waals surface area contributed by atoms with Crippen molar-refractivity contribution in [3.05, 3.63) is 59.2 Å². The lowest BCUT2D eigenvalue weighted by Gasteiger charge is -2.27. The van der Waals surface area contributed by atoms with Crippen molar-refractivity contribution in [1.82, 2.24) is 0 Å². The molecule has 0 aliphatic rings. The first-order valence-corrected chi connectivity index (χ1v) is 8.03. The summed E-state index contributed by atoms with van der Waals surface area (Å²) in [7, 11) is 0. The molecule has 0 heterocycles. The van der Waals surface area contributed by atoms with Gasteiger partial charge in [0.25, 0.3) is 0 Å². The van der Waals surface area contributed by atoms with Gasteiger partial charge in [-0.2, -0.15) is 0 Å². The largest absolute Gasteiger partial charge is 0.546 e. The molecule has 5 heteroatoms. The van der Waals surface area contributed by atoms with Gasteiger partial charge in [0.15, 0.2) is 0 Å². The molecule has 0 aliphatic carbocycles. The summed E-state index contributed by atoms with van der Waals surface area (Å²) in [6, 6.07) is 12.6. The topological polar surface area (TPSA) is 78.5 Å². The maximum Gasteiger partial charge on any atom is 0.228 e. The number of amides is 1. The van der Waals surface area contributed by atoms with E-state index < -0.39 is 11.6 Å². The number of carboxylic acid groups (broad SMARTS) is 1. The van der Waals surface area contributed by atoms with Crippen molar-refractivity contribution in [2.75, 3.05) is 5.32 Å². The van der Waals surface area contributed by atoms with Crippen LogP contribution >= 0.6 is 0 Å². The van der Waals surface area contributed by atoms with Gasteiger partial charge in [-0.25, -0.2) is 0 Å². The summed E-state index contributed by atoms with van der Waals surface area (Å²) in [6.07, 6.45) is 0.219. The van der Waals surface area contributed by atoms with Crippen LogP contribution in [0.5, 0.6) is 5.75 Å². The highest BCUT2D eigenvalue weighted by Gasteiger charge is 2.21. The van der Waals surface area contributed by atoms with E-state index in [2.05, 4.69) is 5.32 Å². The number of rotatable bonds is 6. The molecule has 0 fully saturated rings. The molecule has 2 rings (SSSR count). The van der Waals surface area contributed by atoms with Crippen LogP contribution in [0.1, 0.15) is 30.5 Å². The fraction of sp³-hybridized carbons (Fsp3) is 0.300. The maximum atomic E-state index is 12.2. The van der Waals surface area contributed by atoms with Crippen molar-refractivity contribution in [1.29, 1.82) is 0 Å². The third kappa shape index (κ3) is 5.35. The number of carboxylic acids is 1. The van der Waals surface area contributed by atoms with Crippen molar-refractivity contribution < 1.29 is 19.4 Å². The summed E-state index contributed by atoms with van der Waals surface area (Å²) in [6.45, 7) is 6.81. The Labute approximate surface area is 147 Å². The molecule has 5 nitrogen and oxygen atoms in total. The molecule has 0 radical (unpaired) electrons. The van der Waals surface area contributed by atoms with Gasteiger partial charge >= 0.3 is 0 Å². The monoisotopic (exact) mass is 340 g/mol. The van der Waals surface area contributed by atoms with Crippen LogP contribution < -0.4 is 15.2 Å². The minimum atomic E-state index is -1.41. The average Bonchev–Trinajstić information content (AvgIpc) is 2.47. The van der Waals surface area contributed by atoms with E-state index in [0.29, 0.717) is 5.75 Å². The van der Waals surface area contributed by atoms with Crippen LogP contribution in [0, 0.1) is 13.8 Å². The molecule has 0 unspecified atom stereocenters. The second-order valence-corrected chi connectivity index (χ2v) is 6.65. The third-order valence-electron chi connectivity index (χ3n) is 3.66. The van der Waals surface area contributed by atoms with Crippen LogP contribution in [-0.2, 0) is 16.0 Å². The molecule has 2 aromatic carbocycles. The number of benzene rings is 2. The van der Waals surface area contributed by atoms with E-state index in [4.69, 9.17) is 4.74 Å². The van der Waals surface area contributed by atoms with Crippen LogP contribution in [0.4, 0.5) is 5.69 Å². The van der Waals surface area contributed by atoms with E-state index in [1.807, 2.05) is 32.0 Å². The zero-order valence-corrected chi connectivity index (χ0v) is 14.9. The fourth-order valence-electron chi connectivity index (χ4n) is 2.45. The predicted molar refractivity (Wildman–Crippen MR) is 94.4 cm³/mol. The van der Waals surface area contributed by atoms with Crippen LogP contribution in [-0.4, -0.2) is 17.5 Å². The molecule has 0 saturated carbocycles. The summed E-state index contributed by atoms with van der Waals surface area (Å²) in [4.78, 5) is 23.1. The van der Waals surface area contributed by atoms with Gasteiger partial charge in [-0.1, -0.05) is 18.2 Å². The van der Waals surface area contributed by atoms with Crippen molar-refractivity contribution >= 4 is 17.6 Å². The van der Waals surface area contributed by atoms with Gasteiger partial charge in [-0.3, -0.25) is 4.79 Å². The highest BCUT2D eigenvalue weighted by molar-refractivity contribution is 5.92. The lowest BCUT2D eigenvalue weighted by atomic mass is 10.1. The summed E-state index contributed by atoms with van der Waals surface area (Å²) in [5.41, 5.74) is 2.35. The van der Waals surface area contributed by atoms with Crippen molar-refractivity contribution in [3.63, 3.8) is 0 Å². The summed E-state index contributed by atoms with van der Waals surface area (Å²) < 4.78 is 5.38. The Hall–Kier alpha value is -2.82. The normalized spacial score (nSPS) is 11.0. The van der Waals surface area contributed by atoms with E-state index >= 15 is 0 Å². The van der Waals surface area contributed by atoms with Crippen LogP contribution in [0.3, 0.4) is 0 Å². The second-order valence-electron chi connectivity index (χ2n) is 6.65. The number of carbonyl (C=O) groups is 2. The number of nitrogens with one attached hydrogen (secondary N) is 1.